The molecule has 0 aliphatic carbocycles. The fourth-order valence-corrected chi connectivity index (χ4v) is 4.07. The molecule has 0 bridgehead atoms. The smallest absolute Gasteiger partial charge is 0.407 e. The van der Waals surface area contributed by atoms with Gasteiger partial charge in [0, 0.05) is 18.7 Å². The Morgan fingerprint density at radius 2 is 1.94 bits per heavy atom. The van der Waals surface area contributed by atoms with Gasteiger partial charge >= 0.3 is 6.09 Å². The van der Waals surface area contributed by atoms with Gasteiger partial charge in [-0.1, -0.05) is 36.4 Å². The molecule has 1 fully saturated rings. The van der Waals surface area contributed by atoms with Gasteiger partial charge in [-0.15, -0.1) is 0 Å². The number of nitriles is 1. The van der Waals surface area contributed by atoms with Crippen LogP contribution in [0.1, 0.15) is 48.0 Å². The molecule has 9 nitrogen and oxygen atoms in total. The predicted molar refractivity (Wildman–Crippen MR) is 133 cm³/mol. The van der Waals surface area contributed by atoms with Crippen LogP contribution in [-0.4, -0.2) is 55.1 Å². The number of amides is 3. The number of nitrogens with zero attached hydrogens (tertiary/aromatic N) is 2. The van der Waals surface area contributed by atoms with Gasteiger partial charge < -0.3 is 25.0 Å². The minimum atomic E-state index is -0.775. The van der Waals surface area contributed by atoms with E-state index < -0.39 is 18.2 Å². The predicted octanol–water partition coefficient (Wildman–Crippen LogP) is 3.40. The number of carbonyl (C=O) groups excluding carboxylic acids is 3. The van der Waals surface area contributed by atoms with E-state index in [4.69, 9.17) is 9.47 Å². The minimum Gasteiger partial charge on any atom is -0.497 e. The van der Waals surface area contributed by atoms with Crippen LogP contribution in [0.15, 0.2) is 54.6 Å². The summed E-state index contributed by atoms with van der Waals surface area (Å²) in [4.78, 5) is 39.6. The van der Waals surface area contributed by atoms with Crippen LogP contribution in [0.2, 0.25) is 0 Å². The molecule has 2 N–H and O–H groups in total. The van der Waals surface area contributed by atoms with Gasteiger partial charge in [-0.3, -0.25) is 9.59 Å². The number of hydrogen-bond donors (Lipinski definition) is 2. The molecule has 190 valence electrons. The molecule has 0 aromatic heterocycles. The summed E-state index contributed by atoms with van der Waals surface area (Å²) in [5, 5.41) is 14.9. The third-order valence-electron chi connectivity index (χ3n) is 6.02. The Labute approximate surface area is 211 Å². The zero-order valence-electron chi connectivity index (χ0n) is 20.4. The number of ether oxygens (including phenoxy) is 2. The molecule has 9 heteroatoms. The summed E-state index contributed by atoms with van der Waals surface area (Å²) in [6.07, 6.45) is 2.44. The summed E-state index contributed by atoms with van der Waals surface area (Å²) in [6, 6.07) is 17.0. The maximum atomic E-state index is 13.2. The number of unbranched alkanes of at least 4 members (excludes halogenated alkanes) is 1. The highest BCUT2D eigenvalue weighted by molar-refractivity contribution is 5.98. The van der Waals surface area contributed by atoms with Crippen molar-refractivity contribution in [1.82, 2.24) is 15.5 Å². The first-order valence-corrected chi connectivity index (χ1v) is 12.1. The van der Waals surface area contributed by atoms with Crippen LogP contribution in [0.3, 0.4) is 0 Å². The highest BCUT2D eigenvalue weighted by Crippen LogP contribution is 2.20. The summed E-state index contributed by atoms with van der Waals surface area (Å²) in [5.74, 6) is -0.104. The van der Waals surface area contributed by atoms with Crippen molar-refractivity contribution in [3.05, 3.63) is 65.7 Å². The van der Waals surface area contributed by atoms with Crippen LogP contribution in [0, 0.1) is 11.3 Å². The number of methoxy groups -OCH3 is 1. The standard InChI is InChI=1S/C27H32N4O5/c1-35-23-13-7-11-21(17-23)25(32)30-24(26(33)31-16-8-12-22(31)18-28)14-5-6-15-29-27(34)36-19-20-9-3-2-4-10-20/h2-4,7,9-11,13,17,22,24H,5-6,8,12,14-16,19H2,1H3,(H,29,34)(H,30,32)/t22?,24-/m0/s1. The van der Waals surface area contributed by atoms with Crippen LogP contribution in [0.5, 0.6) is 5.75 Å². The van der Waals surface area contributed by atoms with Crippen molar-refractivity contribution in [2.45, 2.75) is 50.8 Å². The van der Waals surface area contributed by atoms with Gasteiger partial charge in [0.25, 0.3) is 5.91 Å². The number of alkyl carbamates (subject to hydrolysis) is 1. The Kier molecular flexibility index (Phi) is 10.1. The number of likely N-dealkylation sites (tertiary alicyclic amines) is 1. The Balaban J connectivity index is 1.52. The van der Waals surface area contributed by atoms with Gasteiger partial charge in [0.1, 0.15) is 24.4 Å². The van der Waals surface area contributed by atoms with E-state index in [2.05, 4.69) is 16.7 Å². The molecule has 2 atom stereocenters. The molecule has 0 spiro atoms. The van der Waals surface area contributed by atoms with E-state index in [1.54, 1.807) is 29.2 Å². The van der Waals surface area contributed by atoms with Crippen molar-refractivity contribution < 1.29 is 23.9 Å². The van der Waals surface area contributed by atoms with Crippen molar-refractivity contribution in [2.24, 2.45) is 0 Å². The molecule has 2 aromatic rings. The van der Waals surface area contributed by atoms with Gasteiger partial charge in [-0.05, 0) is 55.9 Å². The van der Waals surface area contributed by atoms with Gasteiger partial charge in [0.2, 0.25) is 5.91 Å². The van der Waals surface area contributed by atoms with E-state index in [0.29, 0.717) is 50.1 Å². The average molecular weight is 493 g/mol. The SMILES string of the molecule is COc1cccc(C(=O)N[C@@H](CCCCNC(=O)OCc2ccccc2)C(=O)N2CCCC2C#N)c1. The molecule has 1 aliphatic heterocycles. The number of nitrogens with one attached hydrogen (secondary N) is 2. The van der Waals surface area contributed by atoms with Crippen molar-refractivity contribution in [3.63, 3.8) is 0 Å². The molecule has 36 heavy (non-hydrogen) atoms. The van der Waals surface area contributed by atoms with Crippen molar-refractivity contribution in [2.75, 3.05) is 20.2 Å². The number of hydrogen-bond acceptors (Lipinski definition) is 6. The minimum absolute atomic E-state index is 0.190. The Bertz CT molecular complexity index is 1070. The summed E-state index contributed by atoms with van der Waals surface area (Å²) in [7, 11) is 1.52. The molecular weight excluding hydrogens is 460 g/mol. The number of benzene rings is 2. The second-order valence-corrected chi connectivity index (χ2v) is 8.56. The highest BCUT2D eigenvalue weighted by Gasteiger charge is 2.33. The molecular formula is C27H32N4O5. The lowest BCUT2D eigenvalue weighted by Gasteiger charge is -2.26. The van der Waals surface area contributed by atoms with E-state index in [0.717, 1.165) is 12.0 Å². The summed E-state index contributed by atoms with van der Waals surface area (Å²) in [6.45, 7) is 1.07. The van der Waals surface area contributed by atoms with Crippen LogP contribution >= 0.6 is 0 Å². The average Bonchev–Trinajstić information content (AvgIpc) is 3.40. The lowest BCUT2D eigenvalue weighted by molar-refractivity contribution is -0.133. The quantitative estimate of drug-likeness (QED) is 0.464. The normalized spacial score (nSPS) is 15.4. The van der Waals surface area contributed by atoms with Gasteiger partial charge in [0.15, 0.2) is 0 Å². The summed E-state index contributed by atoms with van der Waals surface area (Å²) in [5.41, 5.74) is 1.28. The van der Waals surface area contributed by atoms with Crippen LogP contribution < -0.4 is 15.4 Å². The first-order chi connectivity index (χ1) is 17.5. The Morgan fingerprint density at radius 3 is 2.69 bits per heavy atom. The van der Waals surface area contributed by atoms with E-state index >= 15 is 0 Å². The second-order valence-electron chi connectivity index (χ2n) is 8.56. The molecule has 0 saturated carbocycles. The van der Waals surface area contributed by atoms with E-state index in [9.17, 15) is 19.6 Å². The Hall–Kier alpha value is -4.06. The lowest BCUT2D eigenvalue weighted by Crippen LogP contribution is -2.49. The molecule has 1 unspecified atom stereocenters. The third kappa shape index (κ3) is 7.73. The Morgan fingerprint density at radius 1 is 1.14 bits per heavy atom. The molecule has 1 aliphatic rings. The maximum Gasteiger partial charge on any atom is 0.407 e. The molecule has 1 heterocycles. The largest absolute Gasteiger partial charge is 0.497 e. The summed E-state index contributed by atoms with van der Waals surface area (Å²) < 4.78 is 10.4. The van der Waals surface area contributed by atoms with Gasteiger partial charge in [-0.25, -0.2) is 4.79 Å². The molecule has 3 rings (SSSR count). The topological polar surface area (TPSA) is 121 Å². The fraction of sp³-hybridized carbons (Fsp3) is 0.407. The third-order valence-corrected chi connectivity index (χ3v) is 6.02. The summed E-state index contributed by atoms with van der Waals surface area (Å²) >= 11 is 0. The van der Waals surface area contributed by atoms with E-state index in [1.807, 2.05) is 30.3 Å². The lowest BCUT2D eigenvalue weighted by atomic mass is 10.1. The highest BCUT2D eigenvalue weighted by atomic mass is 16.5. The fourth-order valence-electron chi connectivity index (χ4n) is 4.07. The molecule has 2 aromatic carbocycles. The van der Waals surface area contributed by atoms with Gasteiger partial charge in [0.05, 0.1) is 13.2 Å². The van der Waals surface area contributed by atoms with Crippen molar-refractivity contribution in [3.8, 4) is 11.8 Å². The van der Waals surface area contributed by atoms with E-state index in [1.165, 1.54) is 7.11 Å². The molecule has 1 saturated heterocycles. The molecule has 0 radical (unpaired) electrons. The first kappa shape index (κ1) is 26.5. The molecule has 3 amide bonds. The van der Waals surface area contributed by atoms with Crippen LogP contribution in [0.25, 0.3) is 0 Å². The second kappa shape index (κ2) is 13.7. The van der Waals surface area contributed by atoms with Crippen molar-refractivity contribution >= 4 is 17.9 Å². The van der Waals surface area contributed by atoms with Crippen LogP contribution in [-0.2, 0) is 16.1 Å². The van der Waals surface area contributed by atoms with Crippen LogP contribution in [0.4, 0.5) is 4.79 Å². The first-order valence-electron chi connectivity index (χ1n) is 12.1. The number of rotatable bonds is 11. The monoisotopic (exact) mass is 492 g/mol. The maximum absolute atomic E-state index is 13.2. The van der Waals surface area contributed by atoms with Crippen molar-refractivity contribution in [1.29, 1.82) is 5.26 Å². The zero-order valence-corrected chi connectivity index (χ0v) is 20.4. The zero-order chi connectivity index (χ0) is 25.8. The number of carbonyl (C=O) groups is 3. The van der Waals surface area contributed by atoms with Gasteiger partial charge in [-0.2, -0.15) is 5.26 Å². The van der Waals surface area contributed by atoms with E-state index in [-0.39, 0.29) is 18.4 Å².